The third kappa shape index (κ3) is 7.95. The van der Waals surface area contributed by atoms with Crippen molar-refractivity contribution in [2.24, 2.45) is 0 Å². The fourth-order valence-corrected chi connectivity index (χ4v) is 2.37. The molecular weight excluding hydrogens is 300 g/mol. The number of H-pyrrole nitrogens is 1. The van der Waals surface area contributed by atoms with Crippen LogP contribution < -0.4 is 10.3 Å². The van der Waals surface area contributed by atoms with E-state index in [0.717, 1.165) is 11.4 Å². The first-order chi connectivity index (χ1) is 11.6. The topological polar surface area (TPSA) is 55.0 Å². The van der Waals surface area contributed by atoms with Gasteiger partial charge in [-0.15, -0.1) is 0 Å². The Morgan fingerprint density at radius 3 is 2.17 bits per heavy atom. The van der Waals surface area contributed by atoms with E-state index in [0.29, 0.717) is 6.10 Å². The number of aromatic amines is 1. The Kier molecular flexibility index (Phi) is 9.51. The number of rotatable bonds is 2. The van der Waals surface area contributed by atoms with Crippen molar-refractivity contribution in [2.45, 2.75) is 65.9 Å². The predicted molar refractivity (Wildman–Crippen MR) is 99.6 cm³/mol. The van der Waals surface area contributed by atoms with Gasteiger partial charge in [0.1, 0.15) is 6.10 Å². The maximum atomic E-state index is 10.4. The number of aryl methyl sites for hydroxylation is 2. The van der Waals surface area contributed by atoms with Crippen molar-refractivity contribution in [1.29, 1.82) is 0 Å². The summed E-state index contributed by atoms with van der Waals surface area (Å²) in [5.41, 5.74) is 2.21. The highest BCUT2D eigenvalue weighted by Crippen LogP contribution is 2.22. The van der Waals surface area contributed by atoms with Crippen LogP contribution in [0.2, 0.25) is 0 Å². The lowest BCUT2D eigenvalue weighted by molar-refractivity contribution is 0.148. The smallest absolute Gasteiger partial charge is 0.247 e. The lowest BCUT2D eigenvalue weighted by atomic mass is 9.98. The summed E-state index contributed by atoms with van der Waals surface area (Å²) in [4.78, 5) is 17.2. The molecule has 132 valence electrons. The highest BCUT2D eigenvalue weighted by atomic mass is 16.5. The Bertz CT molecular complexity index is 594. The molecule has 1 aliphatic rings. The molecule has 0 radical (unpaired) electrons. The highest BCUT2D eigenvalue weighted by molar-refractivity contribution is 5.16. The zero-order valence-electron chi connectivity index (χ0n) is 15.3. The summed E-state index contributed by atoms with van der Waals surface area (Å²) in [6, 6.07) is 7.29. The van der Waals surface area contributed by atoms with Crippen LogP contribution in [0.4, 0.5) is 0 Å². The van der Waals surface area contributed by atoms with Crippen molar-refractivity contribution < 1.29 is 4.74 Å². The number of pyridine rings is 2. The molecule has 0 unspecified atom stereocenters. The van der Waals surface area contributed by atoms with E-state index in [1.165, 1.54) is 43.7 Å². The minimum atomic E-state index is -0.0457. The molecule has 0 amide bonds. The van der Waals surface area contributed by atoms with Gasteiger partial charge in [0, 0.05) is 24.5 Å². The van der Waals surface area contributed by atoms with Crippen molar-refractivity contribution in [1.82, 2.24) is 9.97 Å². The van der Waals surface area contributed by atoms with E-state index in [1.807, 2.05) is 46.0 Å². The van der Waals surface area contributed by atoms with Gasteiger partial charge in [-0.05, 0) is 50.7 Å². The SMILES string of the molecule is CC.Cc1ccc(=O)[nH]c1.Cc1ccc(OC2CCCCC2)nc1. The predicted octanol–water partition coefficient (Wildman–Crippen LogP) is 4.81. The summed E-state index contributed by atoms with van der Waals surface area (Å²) in [5, 5.41) is 0. The monoisotopic (exact) mass is 330 g/mol. The van der Waals surface area contributed by atoms with Crippen LogP contribution in [0.5, 0.6) is 5.88 Å². The van der Waals surface area contributed by atoms with Gasteiger partial charge in [0.2, 0.25) is 11.4 Å². The number of aromatic nitrogens is 2. The van der Waals surface area contributed by atoms with Crippen molar-refractivity contribution >= 4 is 0 Å². The summed E-state index contributed by atoms with van der Waals surface area (Å²) < 4.78 is 5.80. The maximum Gasteiger partial charge on any atom is 0.247 e. The average Bonchev–Trinajstić information content (AvgIpc) is 2.63. The van der Waals surface area contributed by atoms with Crippen LogP contribution in [0.25, 0.3) is 0 Å². The minimum absolute atomic E-state index is 0.0457. The van der Waals surface area contributed by atoms with Crippen molar-refractivity contribution in [2.75, 3.05) is 0 Å². The molecule has 2 aromatic rings. The molecule has 24 heavy (non-hydrogen) atoms. The number of hydrogen-bond donors (Lipinski definition) is 1. The van der Waals surface area contributed by atoms with Crippen molar-refractivity contribution in [3.05, 3.63) is 58.1 Å². The van der Waals surface area contributed by atoms with Gasteiger partial charge in [0.05, 0.1) is 0 Å². The van der Waals surface area contributed by atoms with E-state index in [2.05, 4.69) is 9.97 Å². The first-order valence-electron chi connectivity index (χ1n) is 8.88. The summed E-state index contributed by atoms with van der Waals surface area (Å²) in [7, 11) is 0. The highest BCUT2D eigenvalue weighted by Gasteiger charge is 2.14. The maximum absolute atomic E-state index is 10.4. The molecule has 0 bridgehead atoms. The molecule has 2 aromatic heterocycles. The third-order valence-electron chi connectivity index (χ3n) is 3.66. The van der Waals surface area contributed by atoms with Crippen LogP contribution in [0.3, 0.4) is 0 Å². The zero-order chi connectivity index (χ0) is 17.8. The van der Waals surface area contributed by atoms with Gasteiger partial charge >= 0.3 is 0 Å². The normalized spacial score (nSPS) is 13.8. The molecule has 0 atom stereocenters. The molecule has 0 aliphatic heterocycles. The largest absolute Gasteiger partial charge is 0.474 e. The number of hydrogen-bond acceptors (Lipinski definition) is 3. The number of nitrogens with zero attached hydrogens (tertiary/aromatic N) is 1. The Morgan fingerprint density at radius 1 is 1.00 bits per heavy atom. The van der Waals surface area contributed by atoms with E-state index in [4.69, 9.17) is 4.74 Å². The molecule has 0 saturated heterocycles. The molecule has 1 N–H and O–H groups in total. The Balaban J connectivity index is 0.000000245. The quantitative estimate of drug-likeness (QED) is 0.859. The summed E-state index contributed by atoms with van der Waals surface area (Å²) >= 11 is 0. The molecule has 1 fully saturated rings. The van der Waals surface area contributed by atoms with Gasteiger partial charge < -0.3 is 9.72 Å². The lowest BCUT2D eigenvalue weighted by Crippen LogP contribution is -2.20. The second kappa shape index (κ2) is 11.4. The minimum Gasteiger partial charge on any atom is -0.474 e. The molecule has 3 rings (SSSR count). The number of nitrogens with one attached hydrogen (secondary N) is 1. The van der Waals surface area contributed by atoms with Crippen LogP contribution >= 0.6 is 0 Å². The Hall–Kier alpha value is -2.10. The van der Waals surface area contributed by atoms with Crippen LogP contribution in [-0.2, 0) is 0 Å². The molecule has 1 saturated carbocycles. The first kappa shape index (κ1) is 19.9. The molecule has 1 aliphatic carbocycles. The van der Waals surface area contributed by atoms with Crippen molar-refractivity contribution in [3.63, 3.8) is 0 Å². The third-order valence-corrected chi connectivity index (χ3v) is 3.66. The van der Waals surface area contributed by atoms with Crippen LogP contribution in [0.15, 0.2) is 41.5 Å². The summed E-state index contributed by atoms with van der Waals surface area (Å²) in [6.45, 7) is 7.97. The molecule has 0 spiro atoms. The van der Waals surface area contributed by atoms with Crippen molar-refractivity contribution in [3.8, 4) is 5.88 Å². The molecule has 0 aromatic carbocycles. The van der Waals surface area contributed by atoms with E-state index >= 15 is 0 Å². The Labute approximate surface area is 145 Å². The fourth-order valence-electron chi connectivity index (χ4n) is 2.37. The fraction of sp³-hybridized carbons (Fsp3) is 0.500. The first-order valence-corrected chi connectivity index (χ1v) is 8.88. The standard InChI is InChI=1S/C12H17NO.C6H7NO.C2H6/c1-10-7-8-12(13-9-10)14-11-5-3-2-4-6-11;1-5-2-3-6(8)7-4-5;1-2/h7-9,11H,2-6H2,1H3;2-4H,1H3,(H,7,8);1-2H3. The zero-order valence-corrected chi connectivity index (χ0v) is 15.3. The molecular formula is C20H30N2O2. The molecule has 4 heteroatoms. The van der Waals surface area contributed by atoms with Gasteiger partial charge in [-0.2, -0.15) is 0 Å². The molecule has 2 heterocycles. The average molecular weight is 330 g/mol. The van der Waals surface area contributed by atoms with Gasteiger partial charge in [0.25, 0.3) is 0 Å². The second-order valence-corrected chi connectivity index (χ2v) is 5.78. The van der Waals surface area contributed by atoms with Gasteiger partial charge in [-0.3, -0.25) is 4.79 Å². The second-order valence-electron chi connectivity index (χ2n) is 5.78. The summed E-state index contributed by atoms with van der Waals surface area (Å²) in [5.74, 6) is 0.780. The van der Waals surface area contributed by atoms with E-state index in [-0.39, 0.29) is 5.56 Å². The van der Waals surface area contributed by atoms with E-state index in [1.54, 1.807) is 12.3 Å². The van der Waals surface area contributed by atoms with Gasteiger partial charge in [0.15, 0.2) is 0 Å². The van der Waals surface area contributed by atoms with Crippen LogP contribution in [0.1, 0.15) is 57.1 Å². The van der Waals surface area contributed by atoms with Crippen LogP contribution in [-0.4, -0.2) is 16.1 Å². The number of ether oxygens (including phenoxy) is 1. The van der Waals surface area contributed by atoms with Gasteiger partial charge in [-0.1, -0.05) is 32.4 Å². The van der Waals surface area contributed by atoms with E-state index < -0.39 is 0 Å². The van der Waals surface area contributed by atoms with Crippen LogP contribution in [0, 0.1) is 13.8 Å². The van der Waals surface area contributed by atoms with Gasteiger partial charge in [-0.25, -0.2) is 4.98 Å². The van der Waals surface area contributed by atoms with E-state index in [9.17, 15) is 4.79 Å². The molecule has 4 nitrogen and oxygen atoms in total. The Morgan fingerprint density at radius 2 is 1.67 bits per heavy atom. The summed E-state index contributed by atoms with van der Waals surface area (Å²) in [6.07, 6.45) is 10.3. The lowest BCUT2D eigenvalue weighted by Gasteiger charge is -2.22.